The molecule has 1 unspecified atom stereocenters. The van der Waals surface area contributed by atoms with Gasteiger partial charge in [0.1, 0.15) is 5.54 Å². The minimum atomic E-state index is -1.29. The fourth-order valence-electron chi connectivity index (χ4n) is 4.48. The molecular formula is C30H44N2O3S. The van der Waals surface area contributed by atoms with Crippen molar-refractivity contribution >= 4 is 28.5 Å². The number of hydrogen-bond acceptors (Lipinski definition) is 5. The van der Waals surface area contributed by atoms with Crippen LogP contribution in [0.15, 0.2) is 59.5 Å². The first kappa shape index (κ1) is 29.9. The molecular weight excluding hydrogens is 468 g/mol. The van der Waals surface area contributed by atoms with Crippen molar-refractivity contribution in [3.05, 3.63) is 60.2 Å². The minimum absolute atomic E-state index is 0.202. The van der Waals surface area contributed by atoms with E-state index in [0.717, 1.165) is 37.0 Å². The van der Waals surface area contributed by atoms with E-state index >= 15 is 0 Å². The van der Waals surface area contributed by atoms with Gasteiger partial charge in [-0.3, -0.25) is 4.79 Å². The van der Waals surface area contributed by atoms with E-state index in [1.54, 1.807) is 12.1 Å². The van der Waals surface area contributed by atoms with Gasteiger partial charge in [-0.2, -0.15) is 0 Å². The molecule has 0 spiro atoms. The number of carbonyl (C=O) groups excluding carboxylic acids is 1. The first-order valence-corrected chi connectivity index (χ1v) is 14.4. The van der Waals surface area contributed by atoms with Gasteiger partial charge < -0.3 is 16.6 Å². The predicted octanol–water partition coefficient (Wildman–Crippen LogP) is 7.68. The highest BCUT2D eigenvalue weighted by atomic mass is 32.2. The van der Waals surface area contributed by atoms with Gasteiger partial charge in [-0.05, 0) is 42.3 Å². The van der Waals surface area contributed by atoms with E-state index in [9.17, 15) is 14.7 Å². The number of carbonyl (C=O) groups is 2. The highest BCUT2D eigenvalue weighted by Gasteiger charge is 2.35. The van der Waals surface area contributed by atoms with Crippen molar-refractivity contribution in [2.45, 2.75) is 107 Å². The molecule has 0 aliphatic carbocycles. The van der Waals surface area contributed by atoms with Gasteiger partial charge in [0.2, 0.25) is 0 Å². The maximum Gasteiger partial charge on any atom is 0.328 e. The van der Waals surface area contributed by atoms with E-state index in [4.69, 9.17) is 11.5 Å². The summed E-state index contributed by atoms with van der Waals surface area (Å²) in [7, 11) is 0. The van der Waals surface area contributed by atoms with Gasteiger partial charge in [-0.15, -0.1) is 0 Å². The average Bonchev–Trinajstić information content (AvgIpc) is 2.88. The molecule has 0 radical (unpaired) electrons. The molecule has 2 aromatic rings. The Morgan fingerprint density at radius 2 is 1.17 bits per heavy atom. The number of rotatable bonds is 19. The van der Waals surface area contributed by atoms with Gasteiger partial charge in [0, 0.05) is 17.0 Å². The molecule has 5 nitrogen and oxygen atoms in total. The molecule has 0 aliphatic heterocycles. The third-order valence-corrected chi connectivity index (χ3v) is 7.79. The second kappa shape index (κ2) is 17.2. The van der Waals surface area contributed by atoms with Crippen LogP contribution in [0, 0.1) is 0 Å². The lowest BCUT2D eigenvalue weighted by atomic mass is 9.85. The molecule has 36 heavy (non-hydrogen) atoms. The van der Waals surface area contributed by atoms with Crippen molar-refractivity contribution in [2.24, 2.45) is 5.73 Å². The smallest absolute Gasteiger partial charge is 0.328 e. The highest BCUT2D eigenvalue weighted by molar-refractivity contribution is 8.13. The Labute approximate surface area is 221 Å². The Hall–Kier alpha value is -2.31. The van der Waals surface area contributed by atoms with Crippen LogP contribution in [0.4, 0.5) is 5.69 Å². The second-order valence-corrected chi connectivity index (χ2v) is 10.8. The van der Waals surface area contributed by atoms with Crippen LogP contribution in [0.25, 0.3) is 0 Å². The maximum atomic E-state index is 12.1. The molecule has 0 saturated carbocycles. The van der Waals surface area contributed by atoms with E-state index in [1.807, 2.05) is 42.5 Å². The molecule has 0 aromatic heterocycles. The number of carboxylic acid groups (broad SMARTS) is 1. The van der Waals surface area contributed by atoms with Gasteiger partial charge in [0.25, 0.3) is 0 Å². The number of carboxylic acids is 1. The van der Waals surface area contributed by atoms with Gasteiger partial charge in [-0.25, -0.2) is 4.79 Å². The van der Waals surface area contributed by atoms with Gasteiger partial charge >= 0.3 is 5.97 Å². The van der Waals surface area contributed by atoms with Crippen LogP contribution in [0.1, 0.15) is 102 Å². The van der Waals surface area contributed by atoms with Crippen LogP contribution < -0.4 is 11.5 Å². The summed E-state index contributed by atoms with van der Waals surface area (Å²) in [5.74, 6) is -0.949. The fourth-order valence-corrected chi connectivity index (χ4v) is 5.30. The SMILES string of the molecule is Nc1ccccc1SC(=O)CCCCCCCCCCCCCCCC(N)(C(=O)O)c1ccccc1. The lowest BCUT2D eigenvalue weighted by Crippen LogP contribution is -2.44. The molecule has 2 rings (SSSR count). The van der Waals surface area contributed by atoms with E-state index in [2.05, 4.69) is 0 Å². The van der Waals surface area contributed by atoms with Gasteiger partial charge in [0.05, 0.1) is 0 Å². The number of para-hydroxylation sites is 1. The lowest BCUT2D eigenvalue weighted by molar-refractivity contribution is -0.144. The number of nitrogen functional groups attached to an aromatic ring is 1. The summed E-state index contributed by atoms with van der Waals surface area (Å²) in [6.45, 7) is 0. The molecule has 0 saturated heterocycles. The van der Waals surface area contributed by atoms with Crippen molar-refractivity contribution < 1.29 is 14.7 Å². The minimum Gasteiger partial charge on any atom is -0.480 e. The quantitative estimate of drug-likeness (QED) is 0.101. The first-order valence-electron chi connectivity index (χ1n) is 13.6. The zero-order valence-corrected chi connectivity index (χ0v) is 22.4. The van der Waals surface area contributed by atoms with Gasteiger partial charge in [0.15, 0.2) is 5.12 Å². The topological polar surface area (TPSA) is 106 Å². The first-order chi connectivity index (χ1) is 17.4. The van der Waals surface area contributed by atoms with Crippen molar-refractivity contribution in [3.63, 3.8) is 0 Å². The van der Waals surface area contributed by atoms with Gasteiger partial charge in [-0.1, -0.05) is 120 Å². The molecule has 0 fully saturated rings. The largest absolute Gasteiger partial charge is 0.480 e. The van der Waals surface area contributed by atoms with Crippen molar-refractivity contribution in [1.82, 2.24) is 0 Å². The number of aliphatic carboxylic acids is 1. The Morgan fingerprint density at radius 1 is 0.694 bits per heavy atom. The Bertz CT molecular complexity index is 906. The summed E-state index contributed by atoms with van der Waals surface area (Å²) in [6.07, 6.45) is 16.2. The van der Waals surface area contributed by atoms with E-state index in [0.29, 0.717) is 24.1 Å². The van der Waals surface area contributed by atoms with Crippen LogP contribution in [-0.2, 0) is 15.1 Å². The molecule has 0 aliphatic rings. The highest BCUT2D eigenvalue weighted by Crippen LogP contribution is 2.27. The number of nitrogens with two attached hydrogens (primary N) is 2. The van der Waals surface area contributed by atoms with Crippen LogP contribution in [0.2, 0.25) is 0 Å². The zero-order chi connectivity index (χ0) is 26.1. The molecule has 198 valence electrons. The Kier molecular flexibility index (Phi) is 14.3. The van der Waals surface area contributed by atoms with Crippen LogP contribution in [0.3, 0.4) is 0 Å². The summed E-state index contributed by atoms with van der Waals surface area (Å²) >= 11 is 1.26. The maximum absolute atomic E-state index is 12.1. The average molecular weight is 513 g/mol. The summed E-state index contributed by atoms with van der Waals surface area (Å²) < 4.78 is 0. The second-order valence-electron chi connectivity index (χ2n) is 9.75. The Morgan fingerprint density at radius 3 is 1.69 bits per heavy atom. The number of benzene rings is 2. The number of anilines is 1. The molecule has 5 N–H and O–H groups in total. The predicted molar refractivity (Wildman–Crippen MR) is 151 cm³/mol. The van der Waals surface area contributed by atoms with Crippen molar-refractivity contribution in [2.75, 3.05) is 5.73 Å². The van der Waals surface area contributed by atoms with Crippen molar-refractivity contribution in [1.29, 1.82) is 0 Å². The molecule has 1 atom stereocenters. The molecule has 0 bridgehead atoms. The van der Waals surface area contributed by atoms with E-state index in [1.165, 1.54) is 63.1 Å². The molecule has 6 heteroatoms. The summed E-state index contributed by atoms with van der Waals surface area (Å²) in [5, 5.41) is 9.83. The number of unbranched alkanes of at least 4 members (excludes halogenated alkanes) is 12. The van der Waals surface area contributed by atoms with Crippen LogP contribution in [-0.4, -0.2) is 16.2 Å². The standard InChI is InChI=1S/C30H44N2O3S/c31-26-21-16-17-22-27(26)36-28(33)23-15-10-8-6-4-2-1-3-5-7-9-11-18-24-30(32,29(34)35)25-19-13-12-14-20-25/h12-14,16-17,19-22H,1-11,15,18,23-24,31-32H2,(H,34,35). The monoisotopic (exact) mass is 512 g/mol. The number of hydrogen-bond donors (Lipinski definition) is 3. The van der Waals surface area contributed by atoms with Crippen molar-refractivity contribution in [3.8, 4) is 0 Å². The summed E-state index contributed by atoms with van der Waals surface area (Å²) in [4.78, 5) is 24.7. The normalized spacial score (nSPS) is 12.8. The molecule has 0 heterocycles. The van der Waals surface area contributed by atoms with E-state index in [-0.39, 0.29) is 5.12 Å². The third kappa shape index (κ3) is 11.2. The van der Waals surface area contributed by atoms with Crippen LogP contribution in [0.5, 0.6) is 0 Å². The Balaban J connectivity index is 1.39. The molecule has 2 aromatic carbocycles. The zero-order valence-electron chi connectivity index (χ0n) is 21.6. The summed E-state index contributed by atoms with van der Waals surface area (Å²) in [6, 6.07) is 16.7. The molecule has 0 amide bonds. The number of thioether (sulfide) groups is 1. The summed E-state index contributed by atoms with van der Waals surface area (Å²) in [5.41, 5.74) is 12.2. The van der Waals surface area contributed by atoms with Crippen LogP contribution >= 0.6 is 11.8 Å². The lowest BCUT2D eigenvalue weighted by Gasteiger charge is -2.25. The third-order valence-electron chi connectivity index (χ3n) is 6.77. The fraction of sp³-hybridized carbons (Fsp3) is 0.533. The van der Waals surface area contributed by atoms with E-state index < -0.39 is 11.5 Å².